The first-order chi connectivity index (χ1) is 16.7. The normalized spacial score (nSPS) is 13.8. The molecule has 2 N–H and O–H groups in total. The number of aliphatic hydroxyl groups is 1. The fraction of sp³-hybridized carbons (Fsp3) is 0.379. The van der Waals surface area contributed by atoms with Crippen LogP contribution in [0.1, 0.15) is 42.5 Å². The Hall–Kier alpha value is -2.67. The van der Waals surface area contributed by atoms with Gasteiger partial charge in [0.05, 0.1) is 11.7 Å². The Kier molecular flexibility index (Phi) is 9.90. The molecule has 0 bridgehead atoms. The zero-order valence-electron chi connectivity index (χ0n) is 20.4. The quantitative estimate of drug-likeness (QED) is 0.318. The highest BCUT2D eigenvalue weighted by Gasteiger charge is 2.30. The van der Waals surface area contributed by atoms with E-state index in [0.717, 1.165) is 18.6 Å². The van der Waals surface area contributed by atoms with Crippen molar-refractivity contribution in [1.29, 1.82) is 0 Å². The lowest BCUT2D eigenvalue weighted by molar-refractivity contribution is -0.137. The SMILES string of the molecule is CC(C)C[C@@H]([C@H](O)CNCc1cccc(C(F)(F)F)c1)N(Cc1ccccc1)Cc1ccccc1. The van der Waals surface area contributed by atoms with Crippen LogP contribution in [0.5, 0.6) is 0 Å². The van der Waals surface area contributed by atoms with Crippen LogP contribution in [0.15, 0.2) is 84.9 Å². The minimum Gasteiger partial charge on any atom is -0.390 e. The fourth-order valence-corrected chi connectivity index (χ4v) is 4.32. The van der Waals surface area contributed by atoms with Gasteiger partial charge in [-0.1, -0.05) is 92.7 Å². The first-order valence-corrected chi connectivity index (χ1v) is 12.1. The third-order valence-corrected chi connectivity index (χ3v) is 6.02. The standard InChI is InChI=1S/C29H35F3N2O/c1-22(2)16-27(28(35)19-33-18-25-14-9-15-26(17-25)29(30,31)32)34(20-23-10-5-3-6-11-23)21-24-12-7-4-8-13-24/h3-15,17,22,27-28,33,35H,16,18-21H2,1-2H3/t27-,28+/m0/s1. The summed E-state index contributed by atoms with van der Waals surface area (Å²) in [5.41, 5.74) is 2.22. The molecule has 0 saturated heterocycles. The Morgan fingerprint density at radius 2 is 1.34 bits per heavy atom. The molecule has 0 aliphatic carbocycles. The van der Waals surface area contributed by atoms with E-state index >= 15 is 0 Å². The molecule has 0 radical (unpaired) electrons. The van der Waals surface area contributed by atoms with Gasteiger partial charge in [0.1, 0.15) is 0 Å². The number of nitrogens with zero attached hydrogens (tertiary/aromatic N) is 1. The van der Waals surface area contributed by atoms with Gasteiger partial charge in [0.2, 0.25) is 0 Å². The monoisotopic (exact) mass is 484 g/mol. The van der Waals surface area contributed by atoms with Gasteiger partial charge in [-0.05, 0) is 35.1 Å². The molecular formula is C29H35F3N2O. The molecule has 3 rings (SSSR count). The maximum Gasteiger partial charge on any atom is 0.416 e. The van der Waals surface area contributed by atoms with E-state index < -0.39 is 17.8 Å². The number of rotatable bonds is 12. The summed E-state index contributed by atoms with van der Waals surface area (Å²) in [6.07, 6.45) is -4.25. The molecule has 188 valence electrons. The van der Waals surface area contributed by atoms with Crippen LogP contribution in [0, 0.1) is 5.92 Å². The Balaban J connectivity index is 1.73. The van der Waals surface area contributed by atoms with Gasteiger partial charge in [0.25, 0.3) is 0 Å². The molecule has 3 nitrogen and oxygen atoms in total. The van der Waals surface area contributed by atoms with Crippen molar-refractivity contribution in [3.63, 3.8) is 0 Å². The van der Waals surface area contributed by atoms with Gasteiger partial charge in [-0.25, -0.2) is 0 Å². The summed E-state index contributed by atoms with van der Waals surface area (Å²) in [5.74, 6) is 0.368. The van der Waals surface area contributed by atoms with E-state index in [0.29, 0.717) is 24.6 Å². The van der Waals surface area contributed by atoms with Gasteiger partial charge in [-0.3, -0.25) is 4.90 Å². The van der Waals surface area contributed by atoms with E-state index in [4.69, 9.17) is 0 Å². The molecule has 0 heterocycles. The lowest BCUT2D eigenvalue weighted by Gasteiger charge is -2.36. The minimum atomic E-state index is -4.37. The van der Waals surface area contributed by atoms with Crippen LogP contribution in [-0.2, 0) is 25.8 Å². The number of nitrogens with one attached hydrogen (secondary N) is 1. The van der Waals surface area contributed by atoms with Gasteiger partial charge in [0.15, 0.2) is 0 Å². The van der Waals surface area contributed by atoms with Crippen molar-refractivity contribution in [3.05, 3.63) is 107 Å². The van der Waals surface area contributed by atoms with Crippen molar-refractivity contribution < 1.29 is 18.3 Å². The smallest absolute Gasteiger partial charge is 0.390 e. The number of benzene rings is 3. The maximum atomic E-state index is 13.0. The largest absolute Gasteiger partial charge is 0.416 e. The molecular weight excluding hydrogens is 449 g/mol. The third-order valence-electron chi connectivity index (χ3n) is 6.02. The molecule has 0 unspecified atom stereocenters. The molecule has 6 heteroatoms. The maximum absolute atomic E-state index is 13.0. The molecule has 0 fully saturated rings. The second-order valence-corrected chi connectivity index (χ2v) is 9.47. The molecule has 0 spiro atoms. The molecule has 0 saturated carbocycles. The number of aliphatic hydroxyl groups excluding tert-OH is 1. The Labute approximate surface area is 206 Å². The van der Waals surface area contributed by atoms with E-state index in [1.165, 1.54) is 17.2 Å². The Morgan fingerprint density at radius 3 is 1.86 bits per heavy atom. The van der Waals surface area contributed by atoms with Gasteiger partial charge in [-0.2, -0.15) is 13.2 Å². The molecule has 0 aliphatic heterocycles. The van der Waals surface area contributed by atoms with Crippen LogP contribution in [0.4, 0.5) is 13.2 Å². The summed E-state index contributed by atoms with van der Waals surface area (Å²) < 4.78 is 39.1. The number of hydrogen-bond acceptors (Lipinski definition) is 3. The number of halogens is 3. The highest BCUT2D eigenvalue weighted by Crippen LogP contribution is 2.29. The molecule has 3 aromatic carbocycles. The predicted molar refractivity (Wildman–Crippen MR) is 135 cm³/mol. The second kappa shape index (κ2) is 12.9. The summed E-state index contributed by atoms with van der Waals surface area (Å²) >= 11 is 0. The molecule has 3 aromatic rings. The first kappa shape index (κ1) is 26.9. The molecule has 0 aliphatic rings. The fourth-order valence-electron chi connectivity index (χ4n) is 4.32. The van der Waals surface area contributed by atoms with Gasteiger partial charge in [-0.15, -0.1) is 0 Å². The summed E-state index contributed by atoms with van der Waals surface area (Å²) in [5, 5.41) is 14.4. The Morgan fingerprint density at radius 1 is 0.800 bits per heavy atom. The predicted octanol–water partition coefficient (Wildman–Crippen LogP) is 6.27. The average Bonchev–Trinajstić information content (AvgIpc) is 2.83. The van der Waals surface area contributed by atoms with Crippen LogP contribution in [0.25, 0.3) is 0 Å². The molecule has 35 heavy (non-hydrogen) atoms. The van der Waals surface area contributed by atoms with Crippen molar-refractivity contribution in [2.24, 2.45) is 5.92 Å². The summed E-state index contributed by atoms with van der Waals surface area (Å²) in [7, 11) is 0. The summed E-state index contributed by atoms with van der Waals surface area (Å²) in [6.45, 7) is 6.20. The van der Waals surface area contributed by atoms with Crippen LogP contribution in [0.3, 0.4) is 0 Å². The average molecular weight is 485 g/mol. The van der Waals surface area contributed by atoms with E-state index in [1.807, 2.05) is 36.4 Å². The Bertz CT molecular complexity index is 968. The van der Waals surface area contributed by atoms with Crippen LogP contribution < -0.4 is 5.32 Å². The van der Waals surface area contributed by atoms with Crippen molar-refractivity contribution in [3.8, 4) is 0 Å². The summed E-state index contributed by atoms with van der Waals surface area (Å²) in [6, 6.07) is 25.6. The topological polar surface area (TPSA) is 35.5 Å². The zero-order chi connectivity index (χ0) is 25.3. The molecule has 0 aromatic heterocycles. The molecule has 0 amide bonds. The van der Waals surface area contributed by atoms with E-state index in [1.54, 1.807) is 6.07 Å². The second-order valence-electron chi connectivity index (χ2n) is 9.47. The highest BCUT2D eigenvalue weighted by atomic mass is 19.4. The molecule has 2 atom stereocenters. The summed E-state index contributed by atoms with van der Waals surface area (Å²) in [4.78, 5) is 2.31. The number of hydrogen-bond donors (Lipinski definition) is 2. The van der Waals surface area contributed by atoms with E-state index in [2.05, 4.69) is 48.3 Å². The van der Waals surface area contributed by atoms with Gasteiger partial charge < -0.3 is 10.4 Å². The third kappa shape index (κ3) is 8.80. The zero-order valence-corrected chi connectivity index (χ0v) is 20.4. The van der Waals surface area contributed by atoms with Crippen LogP contribution >= 0.6 is 0 Å². The van der Waals surface area contributed by atoms with Crippen LogP contribution in [-0.4, -0.2) is 28.7 Å². The number of alkyl halides is 3. The lowest BCUT2D eigenvalue weighted by atomic mass is 9.96. The minimum absolute atomic E-state index is 0.121. The van der Waals surface area contributed by atoms with Crippen molar-refractivity contribution in [2.45, 2.75) is 58.2 Å². The van der Waals surface area contributed by atoms with Crippen molar-refractivity contribution in [2.75, 3.05) is 6.54 Å². The van der Waals surface area contributed by atoms with Crippen molar-refractivity contribution >= 4 is 0 Å². The van der Waals surface area contributed by atoms with E-state index in [-0.39, 0.29) is 19.1 Å². The van der Waals surface area contributed by atoms with Gasteiger partial charge in [0, 0.05) is 32.2 Å². The van der Waals surface area contributed by atoms with Gasteiger partial charge >= 0.3 is 6.18 Å². The first-order valence-electron chi connectivity index (χ1n) is 12.1. The highest BCUT2D eigenvalue weighted by molar-refractivity contribution is 5.25. The van der Waals surface area contributed by atoms with Crippen LogP contribution in [0.2, 0.25) is 0 Å². The van der Waals surface area contributed by atoms with Crippen molar-refractivity contribution in [1.82, 2.24) is 10.2 Å². The lowest BCUT2D eigenvalue weighted by Crippen LogP contribution is -2.47. The van der Waals surface area contributed by atoms with E-state index in [9.17, 15) is 18.3 Å².